The zero-order valence-electron chi connectivity index (χ0n) is 12.0. The van der Waals surface area contributed by atoms with Gasteiger partial charge in [-0.1, -0.05) is 47.2 Å². The molecular weight excluding hydrogens is 373 g/mol. The van der Waals surface area contributed by atoms with Gasteiger partial charge in [0, 0.05) is 28.2 Å². The summed E-state index contributed by atoms with van der Waals surface area (Å²) in [5.41, 5.74) is 0.781. The monoisotopic (exact) mass is 383 g/mol. The maximum atomic E-state index is 12.2. The van der Waals surface area contributed by atoms with Crippen LogP contribution in [0.1, 0.15) is 12.7 Å². The largest absolute Gasteiger partial charge is 0.457 e. The number of thiocarbonyl (C=S) groups is 1. The van der Waals surface area contributed by atoms with E-state index in [1.54, 1.807) is 35.2 Å². The highest BCUT2D eigenvalue weighted by Crippen LogP contribution is 2.34. The van der Waals surface area contributed by atoms with Crippen LogP contribution < -0.4 is 0 Å². The summed E-state index contributed by atoms with van der Waals surface area (Å²) in [4.78, 5) is 14.3. The molecule has 0 unspecified atom stereocenters. The van der Waals surface area contributed by atoms with E-state index < -0.39 is 0 Å². The van der Waals surface area contributed by atoms with Gasteiger partial charge in [0.05, 0.1) is 4.91 Å². The molecule has 1 saturated heterocycles. The van der Waals surface area contributed by atoms with E-state index in [-0.39, 0.29) is 5.91 Å². The summed E-state index contributed by atoms with van der Waals surface area (Å²) in [6.07, 6.45) is 1.70. The Morgan fingerprint density at radius 2 is 1.96 bits per heavy atom. The molecule has 23 heavy (non-hydrogen) atoms. The molecule has 0 bridgehead atoms. The van der Waals surface area contributed by atoms with Gasteiger partial charge in [0.1, 0.15) is 15.8 Å². The van der Waals surface area contributed by atoms with Crippen molar-refractivity contribution in [3.05, 3.63) is 51.0 Å². The number of furan rings is 1. The molecule has 7 heteroatoms. The number of likely N-dealkylation sites (N-methyl/N-ethyl adjacent to an activating group) is 1. The van der Waals surface area contributed by atoms with Crippen molar-refractivity contribution in [1.82, 2.24) is 4.90 Å². The highest BCUT2D eigenvalue weighted by atomic mass is 35.5. The molecule has 3 rings (SSSR count). The van der Waals surface area contributed by atoms with E-state index in [1.165, 1.54) is 11.8 Å². The first-order valence-corrected chi connectivity index (χ1v) is 8.77. The van der Waals surface area contributed by atoms with E-state index in [9.17, 15) is 4.79 Å². The van der Waals surface area contributed by atoms with Crippen LogP contribution in [0, 0.1) is 0 Å². The molecule has 1 amide bonds. The second-order valence-corrected chi connectivity index (χ2v) is 7.33. The third-order valence-corrected chi connectivity index (χ3v) is 5.05. The van der Waals surface area contributed by atoms with Crippen LogP contribution in [0.4, 0.5) is 0 Å². The third kappa shape index (κ3) is 3.48. The molecule has 118 valence electrons. The first kappa shape index (κ1) is 16.6. The predicted octanol–water partition coefficient (Wildman–Crippen LogP) is 5.47. The Bertz CT molecular complexity index is 809. The van der Waals surface area contributed by atoms with Crippen molar-refractivity contribution in [2.75, 3.05) is 6.54 Å². The zero-order chi connectivity index (χ0) is 16.6. The number of carbonyl (C=O) groups excluding carboxylic acids is 1. The van der Waals surface area contributed by atoms with Crippen molar-refractivity contribution in [1.29, 1.82) is 0 Å². The van der Waals surface area contributed by atoms with Gasteiger partial charge in [0.2, 0.25) is 0 Å². The fourth-order valence-electron chi connectivity index (χ4n) is 2.18. The van der Waals surface area contributed by atoms with Gasteiger partial charge in [-0.25, -0.2) is 0 Å². The molecule has 0 saturated carbocycles. The molecule has 3 nitrogen and oxygen atoms in total. The highest BCUT2D eigenvalue weighted by molar-refractivity contribution is 8.26. The Morgan fingerprint density at radius 3 is 2.57 bits per heavy atom. The maximum Gasteiger partial charge on any atom is 0.266 e. The lowest BCUT2D eigenvalue weighted by molar-refractivity contribution is -0.121. The first-order chi connectivity index (χ1) is 11.0. The summed E-state index contributed by atoms with van der Waals surface area (Å²) in [7, 11) is 0. The average Bonchev–Trinajstić information content (AvgIpc) is 3.04. The molecule has 1 aromatic carbocycles. The average molecular weight is 384 g/mol. The van der Waals surface area contributed by atoms with Crippen LogP contribution in [-0.2, 0) is 4.79 Å². The van der Waals surface area contributed by atoms with Gasteiger partial charge >= 0.3 is 0 Å². The van der Waals surface area contributed by atoms with E-state index >= 15 is 0 Å². The molecule has 1 fully saturated rings. The molecule has 0 aliphatic carbocycles. The topological polar surface area (TPSA) is 33.5 Å². The molecule has 0 radical (unpaired) electrons. The van der Waals surface area contributed by atoms with Gasteiger partial charge in [-0.3, -0.25) is 9.69 Å². The number of hydrogen-bond acceptors (Lipinski definition) is 4. The van der Waals surface area contributed by atoms with Crippen LogP contribution in [-0.4, -0.2) is 21.7 Å². The molecule has 0 spiro atoms. The number of hydrogen-bond donors (Lipinski definition) is 0. The SMILES string of the molecule is CCN1C(=O)/C(=C/c2ccc(-c3cc(Cl)cc(Cl)c3)o2)SC1=S. The van der Waals surface area contributed by atoms with Crippen LogP contribution in [0.25, 0.3) is 17.4 Å². The van der Waals surface area contributed by atoms with E-state index in [1.807, 2.05) is 13.0 Å². The van der Waals surface area contributed by atoms with Crippen molar-refractivity contribution in [3.63, 3.8) is 0 Å². The standard InChI is InChI=1S/C16H11Cl2NO2S2/c1-2-19-15(20)14(23-16(19)22)8-12-3-4-13(21-12)9-5-10(17)7-11(18)6-9/h3-8H,2H2,1H3/b14-8-. The van der Waals surface area contributed by atoms with E-state index in [2.05, 4.69) is 0 Å². The molecule has 2 aromatic rings. The molecule has 0 N–H and O–H groups in total. The maximum absolute atomic E-state index is 12.2. The van der Waals surface area contributed by atoms with E-state index in [0.717, 1.165) is 5.56 Å². The summed E-state index contributed by atoms with van der Waals surface area (Å²) in [6.45, 7) is 2.45. The van der Waals surface area contributed by atoms with Crippen molar-refractivity contribution >= 4 is 63.5 Å². The summed E-state index contributed by atoms with van der Waals surface area (Å²) >= 11 is 18.5. The van der Waals surface area contributed by atoms with Crippen molar-refractivity contribution in [3.8, 4) is 11.3 Å². The number of amides is 1. The van der Waals surface area contributed by atoms with Gasteiger partial charge in [-0.2, -0.15) is 0 Å². The predicted molar refractivity (Wildman–Crippen MR) is 99.7 cm³/mol. The normalized spacial score (nSPS) is 16.7. The lowest BCUT2D eigenvalue weighted by Gasteiger charge is -2.09. The van der Waals surface area contributed by atoms with E-state index in [4.69, 9.17) is 39.8 Å². The Balaban J connectivity index is 1.89. The number of nitrogens with zero attached hydrogens (tertiary/aromatic N) is 1. The molecular formula is C16H11Cl2NO2S2. The van der Waals surface area contributed by atoms with Crippen LogP contribution in [0.3, 0.4) is 0 Å². The minimum Gasteiger partial charge on any atom is -0.457 e. The number of carbonyl (C=O) groups is 1. The first-order valence-electron chi connectivity index (χ1n) is 6.79. The van der Waals surface area contributed by atoms with Crippen LogP contribution in [0.2, 0.25) is 10.0 Å². The quantitative estimate of drug-likeness (QED) is 0.519. The van der Waals surface area contributed by atoms with Crippen molar-refractivity contribution < 1.29 is 9.21 Å². The lowest BCUT2D eigenvalue weighted by atomic mass is 10.2. The number of benzene rings is 1. The molecule has 1 aromatic heterocycles. The lowest BCUT2D eigenvalue weighted by Crippen LogP contribution is -2.27. The van der Waals surface area contributed by atoms with E-state index in [0.29, 0.717) is 37.3 Å². The van der Waals surface area contributed by atoms with Gasteiger partial charge < -0.3 is 4.42 Å². The third-order valence-electron chi connectivity index (χ3n) is 3.24. The number of thioether (sulfide) groups is 1. The van der Waals surface area contributed by atoms with Gasteiger partial charge in [0.15, 0.2) is 0 Å². The molecule has 1 aliphatic heterocycles. The van der Waals surface area contributed by atoms with Crippen LogP contribution >= 0.6 is 47.2 Å². The summed E-state index contributed by atoms with van der Waals surface area (Å²) in [5, 5.41) is 1.07. The van der Waals surface area contributed by atoms with Gasteiger partial charge in [-0.15, -0.1) is 0 Å². The smallest absolute Gasteiger partial charge is 0.266 e. The Morgan fingerprint density at radius 1 is 1.26 bits per heavy atom. The summed E-state index contributed by atoms with van der Waals surface area (Å²) in [6, 6.07) is 8.81. The highest BCUT2D eigenvalue weighted by Gasteiger charge is 2.30. The van der Waals surface area contributed by atoms with Crippen LogP contribution in [0.5, 0.6) is 0 Å². The summed E-state index contributed by atoms with van der Waals surface area (Å²) < 4.78 is 6.34. The van der Waals surface area contributed by atoms with Gasteiger partial charge in [0.25, 0.3) is 5.91 Å². The second kappa shape index (κ2) is 6.69. The fraction of sp³-hybridized carbons (Fsp3) is 0.125. The Kier molecular flexibility index (Phi) is 4.82. The zero-order valence-corrected chi connectivity index (χ0v) is 15.2. The second-order valence-electron chi connectivity index (χ2n) is 4.79. The number of rotatable bonds is 3. The number of halogens is 2. The molecule has 0 atom stereocenters. The van der Waals surface area contributed by atoms with Gasteiger partial charge in [-0.05, 0) is 37.3 Å². The van der Waals surface area contributed by atoms with Crippen molar-refractivity contribution in [2.45, 2.75) is 6.92 Å². The van der Waals surface area contributed by atoms with Crippen LogP contribution in [0.15, 0.2) is 39.7 Å². The minimum absolute atomic E-state index is 0.0914. The summed E-state index contributed by atoms with van der Waals surface area (Å²) in [5.74, 6) is 1.12. The molecule has 1 aliphatic rings. The minimum atomic E-state index is -0.0914. The Hall–Kier alpha value is -1.27. The Labute approximate surface area is 153 Å². The van der Waals surface area contributed by atoms with Crippen molar-refractivity contribution in [2.24, 2.45) is 0 Å². The molecule has 2 heterocycles. The fourth-order valence-corrected chi connectivity index (χ4v) is 4.07.